The fourth-order valence-corrected chi connectivity index (χ4v) is 1.98. The molecule has 1 atom stereocenters. The van der Waals surface area contributed by atoms with Gasteiger partial charge in [-0.2, -0.15) is 0 Å². The van der Waals surface area contributed by atoms with Crippen LogP contribution < -0.4 is 0 Å². The number of thioether (sulfide) groups is 1. The van der Waals surface area contributed by atoms with Crippen molar-refractivity contribution < 1.29 is 14.3 Å². The molecule has 0 aliphatic carbocycles. The van der Waals surface area contributed by atoms with Gasteiger partial charge in [0.25, 0.3) is 5.78 Å². The summed E-state index contributed by atoms with van der Waals surface area (Å²) in [5.41, 5.74) is 0.617. The Morgan fingerprint density at radius 3 is 2.83 bits per heavy atom. The van der Waals surface area contributed by atoms with Gasteiger partial charge in [0.15, 0.2) is 0 Å². The van der Waals surface area contributed by atoms with Gasteiger partial charge in [0.05, 0.1) is 16.9 Å². The summed E-state index contributed by atoms with van der Waals surface area (Å²) >= 11 is 1.01. The summed E-state index contributed by atoms with van der Waals surface area (Å²) in [5, 5.41) is 7.38. The van der Waals surface area contributed by atoms with E-state index in [0.717, 1.165) is 11.8 Å². The van der Waals surface area contributed by atoms with Crippen molar-refractivity contribution in [3.63, 3.8) is 0 Å². The second-order valence-electron chi connectivity index (χ2n) is 3.42. The number of hydrogen-bond donors (Lipinski definition) is 1. The van der Waals surface area contributed by atoms with E-state index in [1.165, 1.54) is 6.20 Å². The van der Waals surface area contributed by atoms with Gasteiger partial charge in [0.1, 0.15) is 0 Å². The Bertz CT molecular complexity index is 448. The summed E-state index contributed by atoms with van der Waals surface area (Å²) in [6.07, 6.45) is 3.14. The lowest BCUT2D eigenvalue weighted by Gasteiger charge is -2.09. The van der Waals surface area contributed by atoms with Crippen molar-refractivity contribution >= 4 is 28.6 Å². The quantitative estimate of drug-likeness (QED) is 0.379. The number of carbonyl (C=O) groups is 2. The number of rotatable bonds is 5. The normalized spacial score (nSPS) is 11.7. The summed E-state index contributed by atoms with van der Waals surface area (Å²) in [5.74, 6) is -1.48. The van der Waals surface area contributed by atoms with Gasteiger partial charge in [0.2, 0.25) is 0 Å². The first-order valence-electron chi connectivity index (χ1n) is 5.42. The van der Waals surface area contributed by atoms with Gasteiger partial charge in [-0.25, -0.2) is 4.79 Å². The van der Waals surface area contributed by atoms with Gasteiger partial charge in [-0.1, -0.05) is 11.8 Å². The van der Waals surface area contributed by atoms with Crippen LogP contribution in [0.4, 0.5) is 0 Å². The van der Waals surface area contributed by atoms with E-state index in [1.54, 1.807) is 32.2 Å². The van der Waals surface area contributed by atoms with Crippen LogP contribution in [0.25, 0.3) is 0 Å². The fourth-order valence-electron chi connectivity index (χ4n) is 1.16. The standard InChI is InChI=1S/C12H14N2O3S/c1-3-17-12(16)10(15)8(2)18-11(13)9-5-4-6-14-7-9/h4-8,13H,3H2,1-2H3. The van der Waals surface area contributed by atoms with E-state index in [0.29, 0.717) is 5.56 Å². The molecule has 1 aromatic heterocycles. The Kier molecular flexibility index (Phi) is 5.51. The van der Waals surface area contributed by atoms with Crippen LogP contribution in [-0.4, -0.2) is 33.6 Å². The van der Waals surface area contributed by atoms with E-state index in [-0.39, 0.29) is 11.7 Å². The summed E-state index contributed by atoms with van der Waals surface area (Å²) in [7, 11) is 0. The Morgan fingerprint density at radius 1 is 1.56 bits per heavy atom. The van der Waals surface area contributed by atoms with Crippen molar-refractivity contribution in [2.75, 3.05) is 6.61 Å². The molecule has 0 spiro atoms. The van der Waals surface area contributed by atoms with Gasteiger partial charge < -0.3 is 4.74 Å². The van der Waals surface area contributed by atoms with E-state index in [1.807, 2.05) is 0 Å². The first-order chi connectivity index (χ1) is 8.56. The number of ether oxygens (including phenoxy) is 1. The number of nitrogens with zero attached hydrogens (tertiary/aromatic N) is 1. The molecule has 18 heavy (non-hydrogen) atoms. The van der Waals surface area contributed by atoms with Crippen LogP contribution >= 0.6 is 11.8 Å². The lowest BCUT2D eigenvalue weighted by atomic mass is 10.3. The molecule has 1 aromatic rings. The molecule has 5 nitrogen and oxygen atoms in total. The molecule has 1 unspecified atom stereocenters. The third kappa shape index (κ3) is 3.96. The Hall–Kier alpha value is -1.69. The summed E-state index contributed by atoms with van der Waals surface area (Å²) in [4.78, 5) is 26.7. The fraction of sp³-hybridized carbons (Fsp3) is 0.333. The second kappa shape index (κ2) is 6.90. The van der Waals surface area contributed by atoms with E-state index in [4.69, 9.17) is 5.41 Å². The lowest BCUT2D eigenvalue weighted by Crippen LogP contribution is -2.26. The van der Waals surface area contributed by atoms with Crippen LogP contribution in [0.15, 0.2) is 24.5 Å². The highest BCUT2D eigenvalue weighted by Crippen LogP contribution is 2.18. The SMILES string of the molecule is CCOC(=O)C(=O)C(C)SC(=N)c1cccnc1. The van der Waals surface area contributed by atoms with Crippen molar-refractivity contribution in [3.8, 4) is 0 Å². The van der Waals surface area contributed by atoms with Crippen LogP contribution in [0.2, 0.25) is 0 Å². The maximum Gasteiger partial charge on any atom is 0.375 e. The van der Waals surface area contributed by atoms with E-state index < -0.39 is 17.0 Å². The molecule has 1 N–H and O–H groups in total. The smallest absolute Gasteiger partial charge is 0.375 e. The summed E-state index contributed by atoms with van der Waals surface area (Å²) in [6.45, 7) is 3.39. The van der Waals surface area contributed by atoms with E-state index >= 15 is 0 Å². The lowest BCUT2D eigenvalue weighted by molar-refractivity contribution is -0.153. The van der Waals surface area contributed by atoms with Crippen LogP contribution in [-0.2, 0) is 14.3 Å². The Labute approximate surface area is 109 Å². The third-order valence-electron chi connectivity index (χ3n) is 2.06. The maximum absolute atomic E-state index is 11.6. The van der Waals surface area contributed by atoms with E-state index in [9.17, 15) is 9.59 Å². The number of Topliss-reactive ketones (excluding diaryl/α,β-unsaturated/α-hetero) is 1. The van der Waals surface area contributed by atoms with Gasteiger partial charge in [0, 0.05) is 18.0 Å². The average Bonchev–Trinajstić information content (AvgIpc) is 2.39. The zero-order chi connectivity index (χ0) is 13.5. The van der Waals surface area contributed by atoms with E-state index in [2.05, 4.69) is 9.72 Å². The van der Waals surface area contributed by atoms with Crippen molar-refractivity contribution in [1.29, 1.82) is 5.41 Å². The second-order valence-corrected chi connectivity index (χ2v) is 4.77. The number of ketones is 1. The average molecular weight is 266 g/mol. The van der Waals surface area contributed by atoms with Gasteiger partial charge in [-0.05, 0) is 26.0 Å². The number of pyridine rings is 1. The molecule has 96 valence electrons. The van der Waals surface area contributed by atoms with Gasteiger partial charge in [-0.3, -0.25) is 15.2 Å². The molecule has 0 bridgehead atoms. The molecule has 0 aromatic carbocycles. The van der Waals surface area contributed by atoms with Gasteiger partial charge in [-0.15, -0.1) is 0 Å². The number of carbonyl (C=O) groups excluding carboxylic acids is 2. The number of esters is 1. The predicted molar refractivity (Wildman–Crippen MR) is 69.8 cm³/mol. The highest BCUT2D eigenvalue weighted by molar-refractivity contribution is 8.15. The third-order valence-corrected chi connectivity index (χ3v) is 3.10. The highest BCUT2D eigenvalue weighted by atomic mass is 32.2. The number of aromatic nitrogens is 1. The van der Waals surface area contributed by atoms with Crippen molar-refractivity contribution in [2.24, 2.45) is 0 Å². The summed E-state index contributed by atoms with van der Waals surface area (Å²) in [6, 6.07) is 3.44. The van der Waals surface area contributed by atoms with Crippen molar-refractivity contribution in [1.82, 2.24) is 4.98 Å². The molecule has 0 aliphatic heterocycles. The molecular formula is C12H14N2O3S. The zero-order valence-corrected chi connectivity index (χ0v) is 11.0. The molecule has 6 heteroatoms. The van der Waals surface area contributed by atoms with Gasteiger partial charge >= 0.3 is 5.97 Å². The van der Waals surface area contributed by atoms with Crippen LogP contribution in [0, 0.1) is 5.41 Å². The molecule has 0 fully saturated rings. The zero-order valence-electron chi connectivity index (χ0n) is 10.2. The molecular weight excluding hydrogens is 252 g/mol. The van der Waals surface area contributed by atoms with Crippen LogP contribution in [0.1, 0.15) is 19.4 Å². The maximum atomic E-state index is 11.6. The molecule has 1 heterocycles. The molecule has 0 radical (unpaired) electrons. The Balaban J connectivity index is 2.60. The summed E-state index contributed by atoms with van der Waals surface area (Å²) < 4.78 is 4.63. The highest BCUT2D eigenvalue weighted by Gasteiger charge is 2.24. The molecule has 0 aliphatic rings. The van der Waals surface area contributed by atoms with Crippen LogP contribution in [0.3, 0.4) is 0 Å². The molecule has 1 rings (SSSR count). The Morgan fingerprint density at radius 2 is 2.28 bits per heavy atom. The minimum Gasteiger partial charge on any atom is -0.460 e. The first kappa shape index (κ1) is 14.4. The van der Waals surface area contributed by atoms with Crippen molar-refractivity contribution in [2.45, 2.75) is 19.1 Å². The number of hydrogen-bond acceptors (Lipinski definition) is 6. The largest absolute Gasteiger partial charge is 0.460 e. The minimum atomic E-state index is -0.850. The first-order valence-corrected chi connectivity index (χ1v) is 6.30. The molecule has 0 amide bonds. The predicted octanol–water partition coefficient (Wildman–Crippen LogP) is 1.66. The van der Waals surface area contributed by atoms with Crippen LogP contribution in [0.5, 0.6) is 0 Å². The monoisotopic (exact) mass is 266 g/mol. The minimum absolute atomic E-state index is 0.169. The number of nitrogens with one attached hydrogen (secondary N) is 1. The molecule has 0 saturated heterocycles. The topological polar surface area (TPSA) is 80.1 Å². The van der Waals surface area contributed by atoms with Crippen molar-refractivity contribution in [3.05, 3.63) is 30.1 Å². The molecule has 0 saturated carbocycles.